The highest BCUT2D eigenvalue weighted by Gasteiger charge is 2.16. The van der Waals surface area contributed by atoms with Gasteiger partial charge >= 0.3 is 0 Å². The van der Waals surface area contributed by atoms with Crippen molar-refractivity contribution < 1.29 is 4.79 Å². The fourth-order valence-corrected chi connectivity index (χ4v) is 0.718. The van der Waals surface area contributed by atoms with E-state index in [2.05, 4.69) is 5.32 Å². The predicted octanol–water partition coefficient (Wildman–Crippen LogP) is 0.640. The van der Waals surface area contributed by atoms with Crippen molar-refractivity contribution in [3.05, 3.63) is 0 Å². The molecule has 0 unspecified atom stereocenters. The van der Waals surface area contributed by atoms with Gasteiger partial charge in [0, 0.05) is 18.5 Å². The number of carbonyl (C=O) groups excluding carboxylic acids is 1. The largest absolute Gasteiger partial charge is 0.350 e. The fourth-order valence-electron chi connectivity index (χ4n) is 0.718. The van der Waals surface area contributed by atoms with Gasteiger partial charge in [0.05, 0.1) is 0 Å². The third kappa shape index (κ3) is 4.79. The van der Waals surface area contributed by atoms with Gasteiger partial charge in [-0.25, -0.2) is 0 Å². The monoisotopic (exact) mass is 158 g/mol. The van der Waals surface area contributed by atoms with E-state index in [-0.39, 0.29) is 11.4 Å². The second-order valence-electron chi connectivity index (χ2n) is 3.39. The van der Waals surface area contributed by atoms with Gasteiger partial charge in [-0.15, -0.1) is 0 Å². The molecular formula is C8H18N2O. The second-order valence-corrected chi connectivity index (χ2v) is 3.39. The number of amides is 1. The molecule has 0 spiro atoms. The number of hydrogen-bond donors (Lipinski definition) is 2. The third-order valence-electron chi connectivity index (χ3n) is 1.47. The average molecular weight is 158 g/mol. The lowest BCUT2D eigenvalue weighted by Gasteiger charge is -2.23. The van der Waals surface area contributed by atoms with Gasteiger partial charge in [-0.2, -0.15) is 0 Å². The summed E-state index contributed by atoms with van der Waals surface area (Å²) in [6.07, 6.45) is 1.47. The van der Waals surface area contributed by atoms with Crippen LogP contribution in [-0.4, -0.2) is 18.0 Å². The molecule has 0 aromatic heterocycles. The molecule has 1 amide bonds. The summed E-state index contributed by atoms with van der Waals surface area (Å²) in [5.74, 6) is 0.0861. The third-order valence-corrected chi connectivity index (χ3v) is 1.47. The molecule has 0 saturated heterocycles. The van der Waals surface area contributed by atoms with Gasteiger partial charge < -0.3 is 11.1 Å². The standard InChI is InChI=1S/C8H18N2O/c1-4-5-7(11)10-8(2,3)6-9/h4-6,9H2,1-3H3,(H,10,11). The van der Waals surface area contributed by atoms with Crippen LogP contribution in [0.25, 0.3) is 0 Å². The fraction of sp³-hybridized carbons (Fsp3) is 0.875. The molecule has 0 aromatic rings. The van der Waals surface area contributed by atoms with E-state index in [4.69, 9.17) is 5.73 Å². The van der Waals surface area contributed by atoms with Gasteiger partial charge in [-0.05, 0) is 20.3 Å². The minimum absolute atomic E-state index is 0.0861. The normalized spacial score (nSPS) is 11.3. The van der Waals surface area contributed by atoms with Crippen molar-refractivity contribution in [2.24, 2.45) is 5.73 Å². The zero-order valence-corrected chi connectivity index (χ0v) is 7.61. The van der Waals surface area contributed by atoms with E-state index in [9.17, 15) is 4.79 Å². The van der Waals surface area contributed by atoms with E-state index in [0.29, 0.717) is 13.0 Å². The van der Waals surface area contributed by atoms with Crippen molar-refractivity contribution in [2.75, 3.05) is 6.54 Å². The highest BCUT2D eigenvalue weighted by atomic mass is 16.1. The average Bonchev–Trinajstić information content (AvgIpc) is 1.87. The Morgan fingerprint density at radius 1 is 1.55 bits per heavy atom. The first-order chi connectivity index (χ1) is 5.02. The van der Waals surface area contributed by atoms with Crippen LogP contribution < -0.4 is 11.1 Å². The van der Waals surface area contributed by atoms with Crippen LogP contribution in [0.5, 0.6) is 0 Å². The van der Waals surface area contributed by atoms with E-state index in [1.165, 1.54) is 0 Å². The molecule has 0 aliphatic carbocycles. The number of rotatable bonds is 4. The Morgan fingerprint density at radius 2 is 2.09 bits per heavy atom. The van der Waals surface area contributed by atoms with Crippen molar-refractivity contribution in [1.82, 2.24) is 5.32 Å². The molecule has 11 heavy (non-hydrogen) atoms. The Kier molecular flexibility index (Phi) is 4.11. The highest BCUT2D eigenvalue weighted by molar-refractivity contribution is 5.76. The molecule has 66 valence electrons. The molecule has 0 rings (SSSR count). The SMILES string of the molecule is CCCC(=O)NC(C)(C)CN. The van der Waals surface area contributed by atoms with Crippen LogP contribution in [0.15, 0.2) is 0 Å². The van der Waals surface area contributed by atoms with Crippen LogP contribution in [0, 0.1) is 0 Å². The Labute approximate surface area is 68.3 Å². The smallest absolute Gasteiger partial charge is 0.220 e. The zero-order chi connectivity index (χ0) is 8.91. The Balaban J connectivity index is 3.74. The van der Waals surface area contributed by atoms with Crippen molar-refractivity contribution >= 4 is 5.91 Å². The van der Waals surface area contributed by atoms with Crippen LogP contribution in [0.2, 0.25) is 0 Å². The molecule has 3 heteroatoms. The van der Waals surface area contributed by atoms with E-state index in [1.54, 1.807) is 0 Å². The van der Waals surface area contributed by atoms with Gasteiger partial charge in [0.2, 0.25) is 5.91 Å². The number of nitrogens with two attached hydrogens (primary N) is 1. The number of carbonyl (C=O) groups is 1. The van der Waals surface area contributed by atoms with Gasteiger partial charge in [0.15, 0.2) is 0 Å². The summed E-state index contributed by atoms with van der Waals surface area (Å²) in [6, 6.07) is 0. The van der Waals surface area contributed by atoms with E-state index >= 15 is 0 Å². The van der Waals surface area contributed by atoms with E-state index in [1.807, 2.05) is 20.8 Å². The lowest BCUT2D eigenvalue weighted by Crippen LogP contribution is -2.48. The van der Waals surface area contributed by atoms with Gasteiger partial charge in [0.1, 0.15) is 0 Å². The predicted molar refractivity (Wildman–Crippen MR) is 46.2 cm³/mol. The van der Waals surface area contributed by atoms with E-state index < -0.39 is 0 Å². The number of hydrogen-bond acceptors (Lipinski definition) is 2. The maximum absolute atomic E-state index is 11.1. The molecule has 3 N–H and O–H groups in total. The van der Waals surface area contributed by atoms with Crippen LogP contribution in [0.3, 0.4) is 0 Å². The molecule has 0 radical (unpaired) electrons. The van der Waals surface area contributed by atoms with Crippen LogP contribution in [-0.2, 0) is 4.79 Å². The van der Waals surface area contributed by atoms with E-state index in [0.717, 1.165) is 6.42 Å². The first-order valence-electron chi connectivity index (χ1n) is 4.03. The highest BCUT2D eigenvalue weighted by Crippen LogP contribution is 1.99. The molecule has 0 fully saturated rings. The maximum Gasteiger partial charge on any atom is 0.220 e. The molecule has 0 bridgehead atoms. The van der Waals surface area contributed by atoms with Gasteiger partial charge in [-0.1, -0.05) is 6.92 Å². The van der Waals surface area contributed by atoms with Crippen molar-refractivity contribution in [3.8, 4) is 0 Å². The zero-order valence-electron chi connectivity index (χ0n) is 7.61. The minimum Gasteiger partial charge on any atom is -0.350 e. The summed E-state index contributed by atoms with van der Waals surface area (Å²) in [5.41, 5.74) is 5.18. The summed E-state index contributed by atoms with van der Waals surface area (Å²) in [7, 11) is 0. The van der Waals surface area contributed by atoms with Crippen molar-refractivity contribution in [2.45, 2.75) is 39.2 Å². The summed E-state index contributed by atoms with van der Waals surface area (Å²) in [4.78, 5) is 11.1. The summed E-state index contributed by atoms with van der Waals surface area (Å²) >= 11 is 0. The van der Waals surface area contributed by atoms with Crippen molar-refractivity contribution in [3.63, 3.8) is 0 Å². The Morgan fingerprint density at radius 3 is 2.45 bits per heavy atom. The summed E-state index contributed by atoms with van der Waals surface area (Å²) in [5, 5.41) is 2.84. The van der Waals surface area contributed by atoms with Crippen LogP contribution >= 0.6 is 0 Å². The molecule has 0 atom stereocenters. The molecule has 0 saturated carbocycles. The summed E-state index contributed by atoms with van der Waals surface area (Å²) < 4.78 is 0. The van der Waals surface area contributed by atoms with Gasteiger partial charge in [0.25, 0.3) is 0 Å². The topological polar surface area (TPSA) is 55.1 Å². The second kappa shape index (κ2) is 4.34. The Hall–Kier alpha value is -0.570. The molecular weight excluding hydrogens is 140 g/mol. The minimum atomic E-state index is -0.258. The molecule has 0 heterocycles. The number of nitrogens with one attached hydrogen (secondary N) is 1. The first-order valence-corrected chi connectivity index (χ1v) is 4.03. The summed E-state index contributed by atoms with van der Waals surface area (Å²) in [6.45, 7) is 6.29. The lowest BCUT2D eigenvalue weighted by molar-refractivity contribution is -0.122. The van der Waals surface area contributed by atoms with Crippen molar-refractivity contribution in [1.29, 1.82) is 0 Å². The molecule has 0 aliphatic rings. The molecule has 0 aromatic carbocycles. The maximum atomic E-state index is 11.1. The van der Waals surface area contributed by atoms with Gasteiger partial charge in [-0.3, -0.25) is 4.79 Å². The molecule has 3 nitrogen and oxygen atoms in total. The molecule has 0 aliphatic heterocycles. The van der Waals surface area contributed by atoms with Crippen LogP contribution in [0.1, 0.15) is 33.6 Å². The quantitative estimate of drug-likeness (QED) is 0.631. The van der Waals surface area contributed by atoms with Crippen LogP contribution in [0.4, 0.5) is 0 Å². The lowest BCUT2D eigenvalue weighted by atomic mass is 10.1. The first kappa shape index (κ1) is 10.4. The Bertz CT molecular complexity index is 132.